The fraction of sp³-hybridized carbons (Fsp3) is 0.0488. The molecule has 0 aliphatic heterocycles. The van der Waals surface area contributed by atoms with Gasteiger partial charge in [0.25, 0.3) is 0 Å². The van der Waals surface area contributed by atoms with Gasteiger partial charge >= 0.3 is 0 Å². The molecule has 12 aromatic rings. The van der Waals surface area contributed by atoms with Gasteiger partial charge in [0.1, 0.15) is 23.0 Å². The number of ether oxygens (including phenoxy) is 4. The summed E-state index contributed by atoms with van der Waals surface area (Å²) in [6.07, 6.45) is 0. The molecule has 0 atom stereocenters. The van der Waals surface area contributed by atoms with Gasteiger partial charge in [-0.1, -0.05) is 267 Å². The Bertz CT molecular complexity index is 3920. The molecule has 0 amide bonds. The van der Waals surface area contributed by atoms with E-state index in [4.69, 9.17) is 18.9 Å². The Labute approximate surface area is 505 Å². The molecule has 0 saturated heterocycles. The number of rotatable bonds is 18. The van der Waals surface area contributed by atoms with E-state index in [2.05, 4.69) is 267 Å². The molecule has 12 rings (SSSR count). The molecule has 0 radical (unpaired) electrons. The highest BCUT2D eigenvalue weighted by atomic mass is 16.5. The summed E-state index contributed by atoms with van der Waals surface area (Å²) in [4.78, 5) is 0. The number of hydrogen-bond acceptors (Lipinski definition) is 4. The van der Waals surface area contributed by atoms with Crippen molar-refractivity contribution in [2.45, 2.75) is 0 Å². The van der Waals surface area contributed by atoms with E-state index >= 15 is 0 Å². The van der Waals surface area contributed by atoms with Gasteiger partial charge in [0.15, 0.2) is 0 Å². The van der Waals surface area contributed by atoms with Crippen molar-refractivity contribution in [1.29, 1.82) is 0 Å². The average Bonchev–Trinajstić information content (AvgIpc) is 1.50. The summed E-state index contributed by atoms with van der Waals surface area (Å²) in [5.74, 6) is 3.23. The standard InChI is InChI=1S/C82H64O4/c1-83-73-49-41-59(42-50-73)57-25-29-65(30-26-57)79(77(61-17-9-5-10-18-61)62-19-11-6-12-20-62)67-33-37-69(38-34-67)81(82(71-45-53-75(85-3)54-46-71)72-47-55-76(86-4)56-48-72)70-39-35-68(36-40-70)80(78(63-21-13-7-14-22-63)64-23-15-8-16-24-64)66-31-27-58(28-32-66)60-43-51-74(84-2)52-44-60/h5-56H,1-4H3. The van der Waals surface area contributed by atoms with Gasteiger partial charge in [0, 0.05) is 0 Å². The molecule has 0 spiro atoms. The molecule has 0 saturated carbocycles. The van der Waals surface area contributed by atoms with Crippen molar-refractivity contribution < 1.29 is 18.9 Å². The van der Waals surface area contributed by atoms with Gasteiger partial charge < -0.3 is 18.9 Å². The van der Waals surface area contributed by atoms with Crippen LogP contribution in [0.1, 0.15) is 66.8 Å². The zero-order valence-corrected chi connectivity index (χ0v) is 48.7. The molecule has 4 nitrogen and oxygen atoms in total. The van der Waals surface area contributed by atoms with E-state index in [1.807, 2.05) is 48.5 Å². The lowest BCUT2D eigenvalue weighted by Crippen LogP contribution is -2.01. The molecule has 416 valence electrons. The largest absolute Gasteiger partial charge is 0.497 e. The maximum atomic E-state index is 5.75. The quantitative estimate of drug-likeness (QED) is 0.0803. The predicted molar refractivity (Wildman–Crippen MR) is 357 cm³/mol. The summed E-state index contributed by atoms with van der Waals surface area (Å²) in [5, 5.41) is 0. The first-order valence-corrected chi connectivity index (χ1v) is 28.9. The van der Waals surface area contributed by atoms with E-state index in [1.54, 1.807) is 28.4 Å². The summed E-state index contributed by atoms with van der Waals surface area (Å²) in [7, 11) is 6.82. The lowest BCUT2D eigenvalue weighted by Gasteiger charge is -2.22. The van der Waals surface area contributed by atoms with Crippen LogP contribution in [0.2, 0.25) is 0 Å². The Morgan fingerprint density at radius 2 is 0.279 bits per heavy atom. The first-order valence-electron chi connectivity index (χ1n) is 28.9. The van der Waals surface area contributed by atoms with E-state index in [1.165, 1.54) is 0 Å². The van der Waals surface area contributed by atoms with Gasteiger partial charge in [-0.25, -0.2) is 0 Å². The monoisotopic (exact) mass is 1110 g/mol. The minimum Gasteiger partial charge on any atom is -0.497 e. The number of benzene rings is 12. The average molecular weight is 1110 g/mol. The van der Waals surface area contributed by atoms with Gasteiger partial charge in [0.2, 0.25) is 0 Å². The van der Waals surface area contributed by atoms with Crippen molar-refractivity contribution >= 4 is 33.4 Å². The summed E-state index contributed by atoms with van der Waals surface area (Å²) in [5.41, 5.74) is 24.2. The summed E-state index contributed by atoms with van der Waals surface area (Å²) in [6.45, 7) is 0. The Balaban J connectivity index is 1.06. The third-order valence-corrected chi connectivity index (χ3v) is 15.9. The number of hydrogen-bond donors (Lipinski definition) is 0. The molecular formula is C82H64O4. The molecule has 0 fully saturated rings. The second-order valence-corrected chi connectivity index (χ2v) is 20.9. The molecule has 0 aromatic heterocycles. The van der Waals surface area contributed by atoms with Crippen LogP contribution in [0.5, 0.6) is 23.0 Å². The van der Waals surface area contributed by atoms with Crippen LogP contribution < -0.4 is 18.9 Å². The van der Waals surface area contributed by atoms with Crippen LogP contribution in [0.15, 0.2) is 315 Å². The van der Waals surface area contributed by atoms with Crippen LogP contribution >= 0.6 is 0 Å². The van der Waals surface area contributed by atoms with E-state index in [0.717, 1.165) is 145 Å². The van der Waals surface area contributed by atoms with Crippen LogP contribution in [0.3, 0.4) is 0 Å². The third-order valence-electron chi connectivity index (χ3n) is 15.9. The van der Waals surface area contributed by atoms with Crippen molar-refractivity contribution in [3.8, 4) is 45.3 Å². The zero-order valence-electron chi connectivity index (χ0n) is 48.7. The Kier molecular flexibility index (Phi) is 16.9. The second-order valence-electron chi connectivity index (χ2n) is 20.9. The SMILES string of the molecule is COc1ccc(C(=C(c2ccc(C(=C(c3ccccc3)c3ccccc3)c3ccc(-c4ccc(OC)cc4)cc3)cc2)c2ccc(C(=C(c3ccccc3)c3ccccc3)c3ccc(-c4ccc(OC)cc4)cc3)cc2)c2ccc(OC)cc2)cc1. The van der Waals surface area contributed by atoms with Crippen LogP contribution in [0.4, 0.5) is 0 Å². The van der Waals surface area contributed by atoms with Gasteiger partial charge in [-0.3, -0.25) is 0 Å². The first-order chi connectivity index (χ1) is 42.5. The molecule has 0 N–H and O–H groups in total. The van der Waals surface area contributed by atoms with Crippen molar-refractivity contribution in [3.05, 3.63) is 382 Å². The van der Waals surface area contributed by atoms with Crippen LogP contribution in [0, 0.1) is 0 Å². The highest BCUT2D eigenvalue weighted by Crippen LogP contribution is 2.44. The van der Waals surface area contributed by atoms with Crippen LogP contribution in [-0.4, -0.2) is 28.4 Å². The molecule has 86 heavy (non-hydrogen) atoms. The van der Waals surface area contributed by atoms with E-state index in [0.29, 0.717) is 0 Å². The molecule has 0 aliphatic rings. The maximum Gasteiger partial charge on any atom is 0.118 e. The van der Waals surface area contributed by atoms with Crippen LogP contribution in [0.25, 0.3) is 55.7 Å². The molecule has 4 heteroatoms. The zero-order chi connectivity index (χ0) is 58.6. The molecule has 0 bridgehead atoms. The fourth-order valence-electron chi connectivity index (χ4n) is 11.5. The van der Waals surface area contributed by atoms with Crippen molar-refractivity contribution in [2.24, 2.45) is 0 Å². The molecule has 0 unspecified atom stereocenters. The molecular weight excluding hydrogens is 1050 g/mol. The molecule has 0 aliphatic carbocycles. The Morgan fingerprint density at radius 1 is 0.151 bits per heavy atom. The summed E-state index contributed by atoms with van der Waals surface area (Å²) >= 11 is 0. The van der Waals surface area contributed by atoms with Crippen molar-refractivity contribution in [1.82, 2.24) is 0 Å². The van der Waals surface area contributed by atoms with Crippen LogP contribution in [-0.2, 0) is 0 Å². The summed E-state index contributed by atoms with van der Waals surface area (Å²) < 4.78 is 22.5. The van der Waals surface area contributed by atoms with E-state index in [-0.39, 0.29) is 0 Å². The smallest absolute Gasteiger partial charge is 0.118 e. The van der Waals surface area contributed by atoms with Gasteiger partial charge in [-0.15, -0.1) is 0 Å². The highest BCUT2D eigenvalue weighted by molar-refractivity contribution is 6.08. The number of methoxy groups -OCH3 is 4. The normalized spacial score (nSPS) is 10.8. The first kappa shape index (κ1) is 55.6. The lowest BCUT2D eigenvalue weighted by atomic mass is 9.82. The topological polar surface area (TPSA) is 36.9 Å². The molecule has 12 aromatic carbocycles. The van der Waals surface area contributed by atoms with Crippen molar-refractivity contribution in [2.75, 3.05) is 28.4 Å². The highest BCUT2D eigenvalue weighted by Gasteiger charge is 2.22. The van der Waals surface area contributed by atoms with Gasteiger partial charge in [0.05, 0.1) is 28.4 Å². The minimum atomic E-state index is 0.783. The van der Waals surface area contributed by atoms with Gasteiger partial charge in [-0.2, -0.15) is 0 Å². The fourth-order valence-corrected chi connectivity index (χ4v) is 11.5. The second kappa shape index (κ2) is 26.1. The van der Waals surface area contributed by atoms with E-state index in [9.17, 15) is 0 Å². The third kappa shape index (κ3) is 12.1. The minimum absolute atomic E-state index is 0.783. The van der Waals surface area contributed by atoms with Crippen molar-refractivity contribution in [3.63, 3.8) is 0 Å². The summed E-state index contributed by atoms with van der Waals surface area (Å²) in [6, 6.07) is 113. The maximum absolute atomic E-state index is 5.75. The van der Waals surface area contributed by atoms with E-state index < -0.39 is 0 Å². The Hall–Kier alpha value is -10.9. The lowest BCUT2D eigenvalue weighted by molar-refractivity contribution is 0.414. The predicted octanol–water partition coefficient (Wildman–Crippen LogP) is 20.1. The van der Waals surface area contributed by atoms with Gasteiger partial charge in [-0.05, 0) is 171 Å². The Morgan fingerprint density at radius 3 is 0.453 bits per heavy atom. The molecule has 0 heterocycles.